The molecule has 2 unspecified atom stereocenters. The third kappa shape index (κ3) is 3.09. The maximum atomic E-state index is 3.85. The Labute approximate surface area is 125 Å². The number of hydrogen-bond donors (Lipinski definition) is 1. The summed E-state index contributed by atoms with van der Waals surface area (Å²) in [5.41, 5.74) is 1.93. The van der Waals surface area contributed by atoms with E-state index in [4.69, 9.17) is 0 Å². The third-order valence-electron chi connectivity index (χ3n) is 5.18. The lowest BCUT2D eigenvalue weighted by molar-refractivity contribution is 0.219. The molecule has 1 aliphatic carbocycles. The second-order valence-electron chi connectivity index (χ2n) is 6.53. The molecule has 2 atom stereocenters. The van der Waals surface area contributed by atoms with Crippen LogP contribution < -0.4 is 5.32 Å². The summed E-state index contributed by atoms with van der Waals surface area (Å²) in [6, 6.07) is 11.9. The fourth-order valence-corrected chi connectivity index (χ4v) is 4.34. The molecule has 20 heavy (non-hydrogen) atoms. The molecule has 1 nitrogen and oxygen atoms in total. The molecule has 0 aromatic heterocycles. The lowest BCUT2D eigenvalue weighted by Crippen LogP contribution is -2.50. The molecule has 0 bridgehead atoms. The second kappa shape index (κ2) is 7.26. The van der Waals surface area contributed by atoms with E-state index < -0.39 is 0 Å². The molecule has 0 aliphatic heterocycles. The average Bonchev–Trinajstić information content (AvgIpc) is 2.96. The number of rotatable bonds is 7. The van der Waals surface area contributed by atoms with Gasteiger partial charge in [-0.15, -0.1) is 0 Å². The molecule has 1 saturated carbocycles. The van der Waals surface area contributed by atoms with Crippen molar-refractivity contribution in [1.82, 2.24) is 5.32 Å². The summed E-state index contributed by atoms with van der Waals surface area (Å²) in [6.45, 7) is 8.08. The molecule has 2 rings (SSSR count). The highest BCUT2D eigenvalue weighted by Gasteiger charge is 2.44. The lowest BCUT2D eigenvalue weighted by atomic mass is 9.68. The van der Waals surface area contributed by atoms with E-state index in [0.717, 1.165) is 12.5 Å². The molecule has 0 spiro atoms. The van der Waals surface area contributed by atoms with Crippen molar-refractivity contribution in [3.8, 4) is 0 Å². The predicted molar refractivity (Wildman–Crippen MR) is 88.1 cm³/mol. The van der Waals surface area contributed by atoms with Crippen molar-refractivity contribution in [2.24, 2.45) is 5.92 Å². The topological polar surface area (TPSA) is 12.0 Å². The monoisotopic (exact) mass is 273 g/mol. The van der Waals surface area contributed by atoms with Gasteiger partial charge in [-0.2, -0.15) is 0 Å². The highest BCUT2D eigenvalue weighted by molar-refractivity contribution is 5.29. The molecule has 1 N–H and O–H groups in total. The minimum Gasteiger partial charge on any atom is -0.313 e. The number of likely N-dealkylation sites (N-methyl/N-ethyl adjacent to an activating group) is 1. The zero-order valence-electron chi connectivity index (χ0n) is 13.5. The van der Waals surface area contributed by atoms with Gasteiger partial charge in [0.25, 0.3) is 0 Å². The highest BCUT2D eigenvalue weighted by atomic mass is 14.9. The third-order valence-corrected chi connectivity index (χ3v) is 5.18. The van der Waals surface area contributed by atoms with Crippen LogP contribution in [0.3, 0.4) is 0 Å². The maximum Gasteiger partial charge on any atom is 0.0189 e. The van der Waals surface area contributed by atoms with Crippen LogP contribution in [0.1, 0.15) is 64.9 Å². The highest BCUT2D eigenvalue weighted by Crippen LogP contribution is 2.46. The molecular weight excluding hydrogens is 242 g/mol. The number of nitrogens with one attached hydrogen (secondary N) is 1. The van der Waals surface area contributed by atoms with Crippen molar-refractivity contribution in [2.75, 3.05) is 6.54 Å². The first kappa shape index (κ1) is 15.6. The Bertz CT molecular complexity index is 378. The molecule has 0 radical (unpaired) electrons. The van der Waals surface area contributed by atoms with Crippen LogP contribution in [-0.4, -0.2) is 12.6 Å². The van der Waals surface area contributed by atoms with Gasteiger partial charge in [-0.05, 0) is 37.3 Å². The maximum absolute atomic E-state index is 3.85. The van der Waals surface area contributed by atoms with Gasteiger partial charge in [0, 0.05) is 11.5 Å². The van der Waals surface area contributed by atoms with E-state index in [1.165, 1.54) is 38.5 Å². The molecular formula is C19H31N. The Morgan fingerprint density at radius 1 is 1.10 bits per heavy atom. The van der Waals surface area contributed by atoms with Crippen LogP contribution in [0.2, 0.25) is 0 Å². The first-order valence-electron chi connectivity index (χ1n) is 8.53. The van der Waals surface area contributed by atoms with Gasteiger partial charge < -0.3 is 5.32 Å². The second-order valence-corrected chi connectivity index (χ2v) is 6.53. The van der Waals surface area contributed by atoms with E-state index in [-0.39, 0.29) is 0 Å². The summed E-state index contributed by atoms with van der Waals surface area (Å²) >= 11 is 0. The van der Waals surface area contributed by atoms with Crippen molar-refractivity contribution in [2.45, 2.75) is 70.8 Å². The van der Waals surface area contributed by atoms with Gasteiger partial charge >= 0.3 is 0 Å². The van der Waals surface area contributed by atoms with Crippen LogP contribution in [0.25, 0.3) is 0 Å². The zero-order chi connectivity index (χ0) is 14.4. The van der Waals surface area contributed by atoms with Crippen molar-refractivity contribution in [3.63, 3.8) is 0 Å². The standard InChI is InChI=1S/C19H31N/c1-4-11-16(3)18(20-5-2)19(14-9-10-15-19)17-12-7-6-8-13-17/h6-8,12-13,16,18,20H,4-5,9-11,14-15H2,1-3H3. The molecule has 1 aliphatic rings. The van der Waals surface area contributed by atoms with Crippen molar-refractivity contribution < 1.29 is 0 Å². The van der Waals surface area contributed by atoms with E-state index >= 15 is 0 Å². The Morgan fingerprint density at radius 3 is 2.30 bits per heavy atom. The average molecular weight is 273 g/mol. The van der Waals surface area contributed by atoms with Crippen LogP contribution in [0.4, 0.5) is 0 Å². The van der Waals surface area contributed by atoms with Crippen LogP contribution in [-0.2, 0) is 5.41 Å². The van der Waals surface area contributed by atoms with Crippen LogP contribution in [0, 0.1) is 5.92 Å². The summed E-state index contributed by atoms with van der Waals surface area (Å²) in [6.07, 6.45) is 8.08. The summed E-state index contributed by atoms with van der Waals surface area (Å²) in [5.74, 6) is 0.748. The quantitative estimate of drug-likeness (QED) is 0.744. The molecule has 0 heterocycles. The fourth-order valence-electron chi connectivity index (χ4n) is 4.34. The first-order valence-corrected chi connectivity index (χ1v) is 8.53. The van der Waals surface area contributed by atoms with Gasteiger partial charge in [-0.1, -0.05) is 70.4 Å². The lowest BCUT2D eigenvalue weighted by Gasteiger charge is -2.42. The first-order chi connectivity index (χ1) is 9.74. The zero-order valence-corrected chi connectivity index (χ0v) is 13.5. The smallest absolute Gasteiger partial charge is 0.0189 e. The van der Waals surface area contributed by atoms with Crippen molar-refractivity contribution in [3.05, 3.63) is 35.9 Å². The Hall–Kier alpha value is -0.820. The van der Waals surface area contributed by atoms with E-state index in [9.17, 15) is 0 Å². The number of hydrogen-bond acceptors (Lipinski definition) is 1. The number of benzene rings is 1. The van der Waals surface area contributed by atoms with Gasteiger partial charge in [0.1, 0.15) is 0 Å². The Balaban J connectivity index is 2.33. The van der Waals surface area contributed by atoms with E-state index in [2.05, 4.69) is 56.4 Å². The van der Waals surface area contributed by atoms with Gasteiger partial charge in [0.15, 0.2) is 0 Å². The van der Waals surface area contributed by atoms with Gasteiger partial charge in [-0.3, -0.25) is 0 Å². The molecule has 1 fully saturated rings. The SMILES string of the molecule is CCCC(C)C(NCC)C1(c2ccccc2)CCCC1. The summed E-state index contributed by atoms with van der Waals surface area (Å²) in [5, 5.41) is 3.85. The predicted octanol–water partition coefficient (Wildman–Crippen LogP) is 4.91. The Kier molecular flexibility index (Phi) is 5.65. The Morgan fingerprint density at radius 2 is 1.75 bits per heavy atom. The summed E-state index contributed by atoms with van der Waals surface area (Å²) < 4.78 is 0. The van der Waals surface area contributed by atoms with Crippen LogP contribution in [0.5, 0.6) is 0 Å². The normalized spacial score (nSPS) is 20.8. The molecule has 0 amide bonds. The fraction of sp³-hybridized carbons (Fsp3) is 0.684. The molecule has 0 saturated heterocycles. The molecule has 1 aromatic carbocycles. The summed E-state index contributed by atoms with van der Waals surface area (Å²) in [7, 11) is 0. The van der Waals surface area contributed by atoms with Gasteiger partial charge in [0.2, 0.25) is 0 Å². The van der Waals surface area contributed by atoms with Crippen LogP contribution >= 0.6 is 0 Å². The molecule has 1 aromatic rings. The van der Waals surface area contributed by atoms with E-state index in [0.29, 0.717) is 11.5 Å². The minimum atomic E-state index is 0.367. The largest absolute Gasteiger partial charge is 0.313 e. The van der Waals surface area contributed by atoms with Gasteiger partial charge in [-0.25, -0.2) is 0 Å². The van der Waals surface area contributed by atoms with Crippen molar-refractivity contribution in [1.29, 1.82) is 0 Å². The summed E-state index contributed by atoms with van der Waals surface area (Å²) in [4.78, 5) is 0. The molecule has 112 valence electrons. The van der Waals surface area contributed by atoms with E-state index in [1.54, 1.807) is 5.56 Å². The van der Waals surface area contributed by atoms with Gasteiger partial charge in [0.05, 0.1) is 0 Å². The van der Waals surface area contributed by atoms with E-state index in [1.807, 2.05) is 0 Å². The minimum absolute atomic E-state index is 0.367. The van der Waals surface area contributed by atoms with Crippen molar-refractivity contribution >= 4 is 0 Å². The van der Waals surface area contributed by atoms with Crippen LogP contribution in [0.15, 0.2) is 30.3 Å². The molecule has 1 heteroatoms.